The normalized spacial score (nSPS) is 23.9. The van der Waals surface area contributed by atoms with Crippen molar-refractivity contribution in [2.24, 2.45) is 5.73 Å². The molecule has 72 valence electrons. The zero-order chi connectivity index (χ0) is 9.10. The van der Waals surface area contributed by atoms with Gasteiger partial charge in [-0.15, -0.1) is 0 Å². The molecule has 1 aromatic rings. The molecule has 0 spiro atoms. The Kier molecular flexibility index (Phi) is 2.61. The van der Waals surface area contributed by atoms with Crippen molar-refractivity contribution < 1.29 is 0 Å². The van der Waals surface area contributed by atoms with Gasteiger partial charge in [-0.3, -0.25) is 10.00 Å². The van der Waals surface area contributed by atoms with Crippen molar-refractivity contribution in [3.63, 3.8) is 0 Å². The number of likely N-dealkylation sites (tertiary alicyclic amines) is 1. The lowest BCUT2D eigenvalue weighted by atomic mass is 10.2. The lowest BCUT2D eigenvalue weighted by molar-refractivity contribution is 0.247. The monoisotopic (exact) mass is 180 g/mol. The first-order valence-corrected chi connectivity index (χ1v) is 4.82. The Balaban J connectivity index is 1.94. The smallest absolute Gasteiger partial charge is 0.0492 e. The van der Waals surface area contributed by atoms with Gasteiger partial charge in [-0.2, -0.15) is 5.10 Å². The maximum absolute atomic E-state index is 5.69. The highest BCUT2D eigenvalue weighted by Crippen LogP contribution is 2.17. The van der Waals surface area contributed by atoms with Crippen molar-refractivity contribution in [2.75, 3.05) is 13.1 Å². The first-order valence-electron chi connectivity index (χ1n) is 4.82. The number of nitrogens with one attached hydrogen (secondary N) is 1. The highest BCUT2D eigenvalue weighted by Gasteiger charge is 2.22. The van der Waals surface area contributed by atoms with Crippen LogP contribution in [-0.2, 0) is 6.54 Å². The summed E-state index contributed by atoms with van der Waals surface area (Å²) in [5.41, 5.74) is 6.87. The molecule has 0 aliphatic carbocycles. The molecule has 1 aromatic heterocycles. The number of hydrogen-bond donors (Lipinski definition) is 2. The lowest BCUT2D eigenvalue weighted by Gasteiger charge is -2.21. The van der Waals surface area contributed by atoms with E-state index >= 15 is 0 Å². The molecule has 2 heterocycles. The number of nitrogens with zero attached hydrogens (tertiary/aromatic N) is 2. The third-order valence-electron chi connectivity index (χ3n) is 2.70. The largest absolute Gasteiger partial charge is 0.329 e. The molecule has 1 aliphatic heterocycles. The quantitative estimate of drug-likeness (QED) is 0.705. The van der Waals surface area contributed by atoms with Crippen LogP contribution in [0.15, 0.2) is 12.3 Å². The highest BCUT2D eigenvalue weighted by atomic mass is 15.2. The molecule has 13 heavy (non-hydrogen) atoms. The minimum absolute atomic E-state index is 0.572. The van der Waals surface area contributed by atoms with Crippen LogP contribution in [0.5, 0.6) is 0 Å². The first-order chi connectivity index (χ1) is 6.40. The van der Waals surface area contributed by atoms with Crippen LogP contribution in [-0.4, -0.2) is 34.2 Å². The molecule has 4 heteroatoms. The Morgan fingerprint density at radius 1 is 1.69 bits per heavy atom. The molecule has 1 fully saturated rings. The summed E-state index contributed by atoms with van der Waals surface area (Å²) < 4.78 is 0. The Bertz CT molecular complexity index is 244. The van der Waals surface area contributed by atoms with E-state index in [0.29, 0.717) is 6.04 Å². The summed E-state index contributed by atoms with van der Waals surface area (Å²) >= 11 is 0. The van der Waals surface area contributed by atoms with E-state index in [2.05, 4.69) is 15.1 Å². The topological polar surface area (TPSA) is 57.9 Å². The molecule has 1 saturated heterocycles. The second kappa shape index (κ2) is 3.89. The molecule has 1 aliphatic rings. The van der Waals surface area contributed by atoms with Crippen molar-refractivity contribution in [1.29, 1.82) is 0 Å². The van der Waals surface area contributed by atoms with E-state index in [-0.39, 0.29) is 0 Å². The minimum atomic E-state index is 0.572. The SMILES string of the molecule is NC[C@H]1CCCN1Cc1ccn[nH]1. The zero-order valence-corrected chi connectivity index (χ0v) is 7.74. The van der Waals surface area contributed by atoms with Crippen molar-refractivity contribution >= 4 is 0 Å². The maximum atomic E-state index is 5.69. The molecule has 0 amide bonds. The summed E-state index contributed by atoms with van der Waals surface area (Å²) in [4.78, 5) is 2.42. The number of nitrogens with two attached hydrogens (primary N) is 1. The molecule has 0 unspecified atom stereocenters. The molecule has 4 nitrogen and oxygen atoms in total. The van der Waals surface area contributed by atoms with Crippen LogP contribution in [0.25, 0.3) is 0 Å². The average Bonchev–Trinajstić information content (AvgIpc) is 2.76. The van der Waals surface area contributed by atoms with E-state index in [9.17, 15) is 0 Å². The third kappa shape index (κ3) is 1.89. The fourth-order valence-electron chi connectivity index (χ4n) is 1.96. The number of H-pyrrole nitrogens is 1. The number of aromatic nitrogens is 2. The van der Waals surface area contributed by atoms with Crippen LogP contribution in [0.4, 0.5) is 0 Å². The molecular weight excluding hydrogens is 164 g/mol. The van der Waals surface area contributed by atoms with Gasteiger partial charge in [-0.05, 0) is 25.5 Å². The Morgan fingerprint density at radius 3 is 3.31 bits per heavy atom. The van der Waals surface area contributed by atoms with Crippen LogP contribution in [0.1, 0.15) is 18.5 Å². The Labute approximate surface area is 78.1 Å². The van der Waals surface area contributed by atoms with Crippen LogP contribution in [0.3, 0.4) is 0 Å². The van der Waals surface area contributed by atoms with E-state index in [1.54, 1.807) is 6.20 Å². The fraction of sp³-hybridized carbons (Fsp3) is 0.667. The zero-order valence-electron chi connectivity index (χ0n) is 7.74. The molecule has 3 N–H and O–H groups in total. The molecule has 2 rings (SSSR count). The fourth-order valence-corrected chi connectivity index (χ4v) is 1.96. The van der Waals surface area contributed by atoms with Gasteiger partial charge in [-0.25, -0.2) is 0 Å². The molecule has 1 atom stereocenters. The Morgan fingerprint density at radius 2 is 2.62 bits per heavy atom. The lowest BCUT2D eigenvalue weighted by Crippen LogP contribution is -2.34. The molecule has 0 saturated carbocycles. The van der Waals surface area contributed by atoms with Gasteiger partial charge < -0.3 is 5.73 Å². The maximum Gasteiger partial charge on any atom is 0.0492 e. The predicted molar refractivity (Wildman–Crippen MR) is 51.1 cm³/mol. The minimum Gasteiger partial charge on any atom is -0.329 e. The summed E-state index contributed by atoms with van der Waals surface area (Å²) in [6.45, 7) is 2.90. The van der Waals surface area contributed by atoms with Crippen molar-refractivity contribution in [2.45, 2.75) is 25.4 Å². The summed E-state index contributed by atoms with van der Waals surface area (Å²) in [6, 6.07) is 2.59. The van der Waals surface area contributed by atoms with Crippen LogP contribution >= 0.6 is 0 Å². The van der Waals surface area contributed by atoms with Gasteiger partial charge in [0.25, 0.3) is 0 Å². The van der Waals surface area contributed by atoms with E-state index in [4.69, 9.17) is 5.73 Å². The molecular formula is C9H16N4. The van der Waals surface area contributed by atoms with E-state index in [1.165, 1.54) is 25.1 Å². The number of rotatable bonds is 3. The van der Waals surface area contributed by atoms with Gasteiger partial charge in [0.15, 0.2) is 0 Å². The predicted octanol–water partition coefficient (Wildman–Crippen LogP) is 0.333. The molecule has 0 bridgehead atoms. The molecule has 0 radical (unpaired) electrons. The molecule has 0 aromatic carbocycles. The van der Waals surface area contributed by atoms with Crippen LogP contribution < -0.4 is 5.73 Å². The van der Waals surface area contributed by atoms with Crippen LogP contribution in [0, 0.1) is 0 Å². The van der Waals surface area contributed by atoms with Crippen LogP contribution in [0.2, 0.25) is 0 Å². The van der Waals surface area contributed by atoms with E-state index in [0.717, 1.165) is 13.1 Å². The van der Waals surface area contributed by atoms with Gasteiger partial charge in [0, 0.05) is 31.0 Å². The van der Waals surface area contributed by atoms with Crippen molar-refractivity contribution in [1.82, 2.24) is 15.1 Å². The second-order valence-electron chi connectivity index (χ2n) is 3.58. The van der Waals surface area contributed by atoms with Gasteiger partial charge in [0.2, 0.25) is 0 Å². The van der Waals surface area contributed by atoms with Gasteiger partial charge in [0.1, 0.15) is 0 Å². The third-order valence-corrected chi connectivity index (χ3v) is 2.70. The number of hydrogen-bond acceptors (Lipinski definition) is 3. The summed E-state index contributed by atoms with van der Waals surface area (Å²) in [5.74, 6) is 0. The van der Waals surface area contributed by atoms with Gasteiger partial charge in [-0.1, -0.05) is 0 Å². The average molecular weight is 180 g/mol. The number of aromatic amines is 1. The highest BCUT2D eigenvalue weighted by molar-refractivity contribution is 4.98. The standard InChI is InChI=1S/C9H16N4/c10-6-9-2-1-5-13(9)7-8-3-4-11-12-8/h3-4,9H,1-2,5-7,10H2,(H,11,12)/t9-/m1/s1. The first kappa shape index (κ1) is 8.72. The second-order valence-corrected chi connectivity index (χ2v) is 3.58. The van der Waals surface area contributed by atoms with E-state index < -0.39 is 0 Å². The summed E-state index contributed by atoms with van der Waals surface area (Å²) in [5, 5.41) is 6.91. The van der Waals surface area contributed by atoms with Crippen molar-refractivity contribution in [3.05, 3.63) is 18.0 Å². The summed E-state index contributed by atoms with van der Waals surface area (Å²) in [6.07, 6.45) is 4.31. The summed E-state index contributed by atoms with van der Waals surface area (Å²) in [7, 11) is 0. The van der Waals surface area contributed by atoms with Gasteiger partial charge >= 0.3 is 0 Å². The van der Waals surface area contributed by atoms with Gasteiger partial charge in [0.05, 0.1) is 0 Å². The van der Waals surface area contributed by atoms with E-state index in [1.807, 2.05) is 6.07 Å². The Hall–Kier alpha value is -0.870. The van der Waals surface area contributed by atoms with Crippen molar-refractivity contribution in [3.8, 4) is 0 Å².